The normalized spacial score (nSPS) is 25.9. The highest BCUT2D eigenvalue weighted by molar-refractivity contribution is 4.90. The average Bonchev–Trinajstić information content (AvgIpc) is 2.73. The standard InChI is InChI=1S/C17H30/c1-2-6-11-16(10-5-1)14-9-15-17-12-7-3-4-8-13-17/h9,14,16-17H,1-8,10-13,15H2. The molecule has 0 nitrogen and oxygen atoms in total. The summed E-state index contributed by atoms with van der Waals surface area (Å²) in [5.41, 5.74) is 0. The van der Waals surface area contributed by atoms with Gasteiger partial charge in [0.1, 0.15) is 0 Å². The van der Waals surface area contributed by atoms with Gasteiger partial charge in [0.25, 0.3) is 0 Å². The molecule has 0 atom stereocenters. The Kier molecular flexibility index (Phi) is 6.16. The first-order valence-electron chi connectivity index (χ1n) is 8.12. The van der Waals surface area contributed by atoms with Crippen molar-refractivity contribution < 1.29 is 0 Å². The third-order valence-corrected chi connectivity index (χ3v) is 4.75. The Labute approximate surface area is 108 Å². The minimum atomic E-state index is 0.920. The molecule has 0 aromatic carbocycles. The van der Waals surface area contributed by atoms with Crippen LogP contribution in [-0.2, 0) is 0 Å². The third-order valence-electron chi connectivity index (χ3n) is 4.75. The molecule has 0 aromatic heterocycles. The molecule has 0 bridgehead atoms. The minimum absolute atomic E-state index is 0.920. The molecule has 0 aromatic rings. The molecule has 0 heterocycles. The topological polar surface area (TPSA) is 0 Å². The maximum absolute atomic E-state index is 2.57. The summed E-state index contributed by atoms with van der Waals surface area (Å²) >= 11 is 0. The van der Waals surface area contributed by atoms with E-state index in [1.807, 2.05) is 0 Å². The van der Waals surface area contributed by atoms with Crippen LogP contribution in [0.5, 0.6) is 0 Å². The van der Waals surface area contributed by atoms with Gasteiger partial charge in [-0.05, 0) is 31.1 Å². The number of rotatable bonds is 3. The lowest BCUT2D eigenvalue weighted by molar-refractivity contribution is 0.463. The van der Waals surface area contributed by atoms with E-state index in [1.54, 1.807) is 0 Å². The summed E-state index contributed by atoms with van der Waals surface area (Å²) in [5.74, 6) is 1.93. The molecule has 2 aliphatic rings. The van der Waals surface area contributed by atoms with Crippen LogP contribution in [0.2, 0.25) is 0 Å². The maximum atomic E-state index is 2.57. The summed E-state index contributed by atoms with van der Waals surface area (Å²) in [6.07, 6.45) is 24.2. The highest BCUT2D eigenvalue weighted by Crippen LogP contribution is 2.27. The first kappa shape index (κ1) is 13.2. The lowest BCUT2D eigenvalue weighted by Gasteiger charge is -2.12. The summed E-state index contributed by atoms with van der Waals surface area (Å²) in [6, 6.07) is 0. The Hall–Kier alpha value is -0.260. The van der Waals surface area contributed by atoms with Crippen molar-refractivity contribution in [2.24, 2.45) is 11.8 Å². The predicted molar refractivity (Wildman–Crippen MR) is 76.1 cm³/mol. The lowest BCUT2D eigenvalue weighted by Crippen LogP contribution is -1.98. The van der Waals surface area contributed by atoms with Crippen molar-refractivity contribution in [2.75, 3.05) is 0 Å². The van der Waals surface area contributed by atoms with Crippen molar-refractivity contribution in [1.29, 1.82) is 0 Å². The monoisotopic (exact) mass is 234 g/mol. The van der Waals surface area contributed by atoms with Crippen molar-refractivity contribution in [3.05, 3.63) is 12.2 Å². The van der Waals surface area contributed by atoms with Crippen LogP contribution >= 0.6 is 0 Å². The summed E-state index contributed by atoms with van der Waals surface area (Å²) < 4.78 is 0. The Morgan fingerprint density at radius 3 is 1.76 bits per heavy atom. The van der Waals surface area contributed by atoms with Crippen LogP contribution in [-0.4, -0.2) is 0 Å². The van der Waals surface area contributed by atoms with E-state index >= 15 is 0 Å². The largest absolute Gasteiger partial charge is 0.0880 e. The Morgan fingerprint density at radius 1 is 0.647 bits per heavy atom. The van der Waals surface area contributed by atoms with Gasteiger partial charge in [-0.2, -0.15) is 0 Å². The third kappa shape index (κ3) is 5.27. The Balaban J connectivity index is 1.68. The minimum Gasteiger partial charge on any atom is -0.0880 e. The maximum Gasteiger partial charge on any atom is -0.0234 e. The van der Waals surface area contributed by atoms with Crippen molar-refractivity contribution in [1.82, 2.24) is 0 Å². The van der Waals surface area contributed by atoms with Gasteiger partial charge < -0.3 is 0 Å². The first-order chi connectivity index (χ1) is 8.45. The van der Waals surface area contributed by atoms with E-state index in [0.717, 1.165) is 11.8 Å². The lowest BCUT2D eigenvalue weighted by atomic mass is 9.94. The van der Waals surface area contributed by atoms with Crippen LogP contribution in [0.15, 0.2) is 12.2 Å². The van der Waals surface area contributed by atoms with Gasteiger partial charge in [-0.25, -0.2) is 0 Å². The van der Waals surface area contributed by atoms with Crippen LogP contribution in [0.25, 0.3) is 0 Å². The fraction of sp³-hybridized carbons (Fsp3) is 0.882. The average molecular weight is 234 g/mol. The molecule has 2 saturated carbocycles. The molecule has 0 spiro atoms. The predicted octanol–water partition coefficient (Wildman–Crippen LogP) is 5.87. The van der Waals surface area contributed by atoms with Gasteiger partial charge in [-0.3, -0.25) is 0 Å². The molecule has 0 saturated heterocycles. The molecule has 0 radical (unpaired) electrons. The van der Waals surface area contributed by atoms with Gasteiger partial charge in [0, 0.05) is 0 Å². The van der Waals surface area contributed by atoms with Gasteiger partial charge in [0.15, 0.2) is 0 Å². The van der Waals surface area contributed by atoms with Crippen molar-refractivity contribution in [3.63, 3.8) is 0 Å². The molecule has 2 fully saturated rings. The van der Waals surface area contributed by atoms with Gasteiger partial charge in [0.2, 0.25) is 0 Å². The number of hydrogen-bond acceptors (Lipinski definition) is 0. The van der Waals surface area contributed by atoms with E-state index in [2.05, 4.69) is 12.2 Å². The second kappa shape index (κ2) is 7.95. The highest BCUT2D eigenvalue weighted by Gasteiger charge is 2.11. The number of allylic oxidation sites excluding steroid dienone is 2. The quantitative estimate of drug-likeness (QED) is 0.423. The van der Waals surface area contributed by atoms with E-state index in [-0.39, 0.29) is 0 Å². The fourth-order valence-electron chi connectivity index (χ4n) is 3.57. The molecule has 2 rings (SSSR count). The van der Waals surface area contributed by atoms with Gasteiger partial charge in [-0.1, -0.05) is 76.4 Å². The molecule has 0 unspecified atom stereocenters. The zero-order chi connectivity index (χ0) is 11.8. The molecule has 0 heteroatoms. The molecular weight excluding hydrogens is 204 g/mol. The second-order valence-corrected chi connectivity index (χ2v) is 6.27. The SMILES string of the molecule is C(=CC1CCCCCC1)CC1CCCCCC1. The van der Waals surface area contributed by atoms with Crippen LogP contribution in [0.1, 0.15) is 83.5 Å². The molecule has 0 amide bonds. The summed E-state index contributed by atoms with van der Waals surface area (Å²) in [4.78, 5) is 0. The Bertz CT molecular complexity index is 200. The van der Waals surface area contributed by atoms with Crippen LogP contribution < -0.4 is 0 Å². The van der Waals surface area contributed by atoms with Gasteiger partial charge in [0.05, 0.1) is 0 Å². The summed E-state index contributed by atoms with van der Waals surface area (Å²) in [5, 5.41) is 0. The fourth-order valence-corrected chi connectivity index (χ4v) is 3.57. The van der Waals surface area contributed by atoms with E-state index in [0.29, 0.717) is 0 Å². The number of hydrogen-bond donors (Lipinski definition) is 0. The second-order valence-electron chi connectivity index (χ2n) is 6.27. The van der Waals surface area contributed by atoms with Crippen molar-refractivity contribution in [3.8, 4) is 0 Å². The molecule has 2 aliphatic carbocycles. The first-order valence-corrected chi connectivity index (χ1v) is 8.12. The van der Waals surface area contributed by atoms with Crippen LogP contribution in [0, 0.1) is 11.8 Å². The zero-order valence-corrected chi connectivity index (χ0v) is 11.5. The molecule has 0 N–H and O–H groups in total. The van der Waals surface area contributed by atoms with E-state index in [4.69, 9.17) is 0 Å². The van der Waals surface area contributed by atoms with Gasteiger partial charge >= 0.3 is 0 Å². The van der Waals surface area contributed by atoms with Crippen molar-refractivity contribution in [2.45, 2.75) is 83.5 Å². The van der Waals surface area contributed by atoms with Crippen molar-refractivity contribution >= 4 is 0 Å². The van der Waals surface area contributed by atoms with E-state index < -0.39 is 0 Å². The molecular formula is C17H30. The highest BCUT2D eigenvalue weighted by atomic mass is 14.2. The summed E-state index contributed by atoms with van der Waals surface area (Å²) in [6.45, 7) is 0. The van der Waals surface area contributed by atoms with E-state index in [1.165, 1.54) is 83.5 Å². The van der Waals surface area contributed by atoms with Gasteiger partial charge in [-0.15, -0.1) is 0 Å². The van der Waals surface area contributed by atoms with Crippen LogP contribution in [0.3, 0.4) is 0 Å². The molecule has 0 aliphatic heterocycles. The van der Waals surface area contributed by atoms with Crippen LogP contribution in [0.4, 0.5) is 0 Å². The smallest absolute Gasteiger partial charge is 0.0234 e. The molecule has 98 valence electrons. The molecule has 17 heavy (non-hydrogen) atoms. The van der Waals surface area contributed by atoms with E-state index in [9.17, 15) is 0 Å². The zero-order valence-electron chi connectivity index (χ0n) is 11.5. The summed E-state index contributed by atoms with van der Waals surface area (Å²) in [7, 11) is 0. The Morgan fingerprint density at radius 2 is 1.18 bits per heavy atom.